The predicted octanol–water partition coefficient (Wildman–Crippen LogP) is 3.12. The first-order valence-corrected chi connectivity index (χ1v) is 10.3. The van der Waals surface area contributed by atoms with Gasteiger partial charge in [-0.15, -0.1) is 0 Å². The van der Waals surface area contributed by atoms with Crippen LogP contribution in [0.15, 0.2) is 46.0 Å². The lowest BCUT2D eigenvalue weighted by molar-refractivity contribution is 0.0927. The van der Waals surface area contributed by atoms with Crippen LogP contribution in [-0.2, 0) is 0 Å². The van der Waals surface area contributed by atoms with Crippen LogP contribution in [0.25, 0.3) is 0 Å². The third-order valence-electron chi connectivity index (χ3n) is 4.18. The molecule has 0 fully saturated rings. The van der Waals surface area contributed by atoms with Crippen molar-refractivity contribution in [3.05, 3.63) is 47.9 Å². The molecule has 2 aromatic rings. The van der Waals surface area contributed by atoms with Crippen LogP contribution in [0.2, 0.25) is 0 Å². The van der Waals surface area contributed by atoms with Crippen molar-refractivity contribution >= 4 is 11.9 Å². The molecule has 1 unspecified atom stereocenters. The number of ether oxygens (including phenoxy) is 2. The van der Waals surface area contributed by atoms with Crippen molar-refractivity contribution in [3.63, 3.8) is 0 Å². The van der Waals surface area contributed by atoms with Crippen LogP contribution >= 0.6 is 0 Å². The largest absolute Gasteiger partial charge is 0.490 e. The molecular weight excluding hydrogens is 384 g/mol. The van der Waals surface area contributed by atoms with Gasteiger partial charge in [-0.2, -0.15) is 0 Å². The summed E-state index contributed by atoms with van der Waals surface area (Å²) >= 11 is 0. The van der Waals surface area contributed by atoms with Crippen molar-refractivity contribution < 1.29 is 18.7 Å². The summed E-state index contributed by atoms with van der Waals surface area (Å²) in [5.41, 5.74) is 1.05. The Morgan fingerprint density at radius 3 is 2.53 bits per heavy atom. The minimum Gasteiger partial charge on any atom is -0.490 e. The molecular formula is C22H32N4O4. The Hall–Kier alpha value is -3.16. The molecule has 1 aromatic carbocycles. The lowest BCUT2D eigenvalue weighted by Gasteiger charge is -2.20. The number of amides is 1. The molecule has 0 aliphatic heterocycles. The second-order valence-corrected chi connectivity index (χ2v) is 6.43. The van der Waals surface area contributed by atoms with Crippen LogP contribution < -0.4 is 25.4 Å². The Balaban J connectivity index is 1.96. The maximum atomic E-state index is 11.9. The molecule has 0 saturated carbocycles. The van der Waals surface area contributed by atoms with E-state index in [4.69, 9.17) is 13.9 Å². The highest BCUT2D eigenvalue weighted by molar-refractivity contribution is 5.91. The zero-order valence-electron chi connectivity index (χ0n) is 18.2. The average molecular weight is 417 g/mol. The average Bonchev–Trinajstić information content (AvgIpc) is 3.27. The predicted molar refractivity (Wildman–Crippen MR) is 117 cm³/mol. The van der Waals surface area contributed by atoms with Gasteiger partial charge in [-0.25, -0.2) is 0 Å². The van der Waals surface area contributed by atoms with Crippen LogP contribution in [-0.4, -0.2) is 44.7 Å². The zero-order chi connectivity index (χ0) is 21.8. The molecule has 164 valence electrons. The van der Waals surface area contributed by atoms with E-state index in [0.717, 1.165) is 23.6 Å². The molecule has 3 N–H and O–H groups in total. The number of hydrogen-bond donors (Lipinski definition) is 3. The third kappa shape index (κ3) is 7.02. The second kappa shape index (κ2) is 12.4. The highest BCUT2D eigenvalue weighted by Gasteiger charge is 2.13. The van der Waals surface area contributed by atoms with E-state index in [9.17, 15) is 4.79 Å². The van der Waals surface area contributed by atoms with Crippen molar-refractivity contribution in [3.8, 4) is 11.5 Å². The minimum atomic E-state index is -0.251. The van der Waals surface area contributed by atoms with Gasteiger partial charge in [0.25, 0.3) is 5.91 Å². The van der Waals surface area contributed by atoms with Gasteiger partial charge in [0.05, 0.1) is 32.1 Å². The highest BCUT2D eigenvalue weighted by Crippen LogP contribution is 2.30. The van der Waals surface area contributed by atoms with Gasteiger partial charge in [0.2, 0.25) is 0 Å². The molecule has 0 aliphatic rings. The second-order valence-electron chi connectivity index (χ2n) is 6.43. The van der Waals surface area contributed by atoms with Crippen molar-refractivity contribution in [2.45, 2.75) is 33.7 Å². The maximum absolute atomic E-state index is 11.9. The molecule has 8 nitrogen and oxygen atoms in total. The normalized spacial score (nSPS) is 12.2. The van der Waals surface area contributed by atoms with Gasteiger partial charge in [-0.1, -0.05) is 6.07 Å². The first-order valence-electron chi connectivity index (χ1n) is 10.3. The summed E-state index contributed by atoms with van der Waals surface area (Å²) in [5.74, 6) is 2.18. The van der Waals surface area contributed by atoms with Crippen LogP contribution in [0.5, 0.6) is 11.5 Å². The summed E-state index contributed by atoms with van der Waals surface area (Å²) in [4.78, 5) is 16.4. The molecule has 1 amide bonds. The first-order chi connectivity index (χ1) is 14.6. The monoisotopic (exact) mass is 416 g/mol. The van der Waals surface area contributed by atoms with E-state index in [2.05, 4.69) is 27.9 Å². The summed E-state index contributed by atoms with van der Waals surface area (Å²) < 4.78 is 16.4. The molecule has 0 aliphatic carbocycles. The van der Waals surface area contributed by atoms with E-state index in [-0.39, 0.29) is 11.9 Å². The van der Waals surface area contributed by atoms with Crippen LogP contribution in [0.4, 0.5) is 0 Å². The van der Waals surface area contributed by atoms with E-state index >= 15 is 0 Å². The number of guanidine groups is 1. The number of carbonyl (C=O) groups is 1. The number of rotatable bonds is 11. The number of furan rings is 1. The van der Waals surface area contributed by atoms with Gasteiger partial charge < -0.3 is 29.8 Å². The molecule has 8 heteroatoms. The van der Waals surface area contributed by atoms with E-state index in [1.54, 1.807) is 12.1 Å². The third-order valence-corrected chi connectivity index (χ3v) is 4.18. The first kappa shape index (κ1) is 23.1. The number of benzene rings is 1. The van der Waals surface area contributed by atoms with E-state index < -0.39 is 0 Å². The van der Waals surface area contributed by atoms with E-state index in [0.29, 0.717) is 38.0 Å². The summed E-state index contributed by atoms with van der Waals surface area (Å²) in [6.07, 6.45) is 1.47. The topological polar surface area (TPSA) is 97.1 Å². The molecule has 0 bridgehead atoms. The lowest BCUT2D eigenvalue weighted by Crippen LogP contribution is -2.39. The van der Waals surface area contributed by atoms with Crippen molar-refractivity contribution in [2.75, 3.05) is 32.8 Å². The molecule has 0 radical (unpaired) electrons. The van der Waals surface area contributed by atoms with Gasteiger partial charge in [-0.3, -0.25) is 9.79 Å². The van der Waals surface area contributed by atoms with Crippen LogP contribution in [0, 0.1) is 0 Å². The van der Waals surface area contributed by atoms with Crippen LogP contribution in [0.1, 0.15) is 49.9 Å². The maximum Gasteiger partial charge on any atom is 0.287 e. The van der Waals surface area contributed by atoms with Gasteiger partial charge in [0.15, 0.2) is 23.2 Å². The fourth-order valence-electron chi connectivity index (χ4n) is 2.78. The number of carbonyl (C=O) groups excluding carboxylic acids is 1. The molecule has 1 heterocycles. The Morgan fingerprint density at radius 1 is 1.10 bits per heavy atom. The molecule has 30 heavy (non-hydrogen) atoms. The van der Waals surface area contributed by atoms with E-state index in [1.807, 2.05) is 39.0 Å². The molecule has 2 rings (SSSR count). The summed E-state index contributed by atoms with van der Waals surface area (Å²) in [7, 11) is 0. The Bertz CT molecular complexity index is 805. The van der Waals surface area contributed by atoms with Gasteiger partial charge in [0, 0.05) is 13.1 Å². The summed E-state index contributed by atoms with van der Waals surface area (Å²) in [5, 5.41) is 9.39. The fourth-order valence-corrected chi connectivity index (χ4v) is 2.78. The Labute approximate surface area is 178 Å². The number of hydrogen-bond acceptors (Lipinski definition) is 5. The standard InChI is InChI=1S/C22H32N4O4/c1-5-23-22(25-13-12-24-21(27)19-9-8-14-30-19)26-16(4)17-10-11-18(28-6-2)20(15-17)29-7-3/h8-11,14-16H,5-7,12-13H2,1-4H3,(H,24,27)(H2,23,25,26). The Morgan fingerprint density at radius 2 is 1.87 bits per heavy atom. The lowest BCUT2D eigenvalue weighted by atomic mass is 10.1. The fraction of sp³-hybridized carbons (Fsp3) is 0.455. The van der Waals surface area contributed by atoms with Crippen molar-refractivity contribution in [1.82, 2.24) is 16.0 Å². The molecule has 1 aromatic heterocycles. The smallest absolute Gasteiger partial charge is 0.287 e. The molecule has 0 spiro atoms. The van der Waals surface area contributed by atoms with Gasteiger partial charge in [0.1, 0.15) is 0 Å². The zero-order valence-corrected chi connectivity index (χ0v) is 18.2. The summed E-state index contributed by atoms with van der Waals surface area (Å²) in [6, 6.07) is 9.22. The molecule has 1 atom stereocenters. The Kier molecular flexibility index (Phi) is 9.57. The van der Waals surface area contributed by atoms with Gasteiger partial charge >= 0.3 is 0 Å². The number of aliphatic imine (C=N–C) groups is 1. The summed E-state index contributed by atoms with van der Waals surface area (Å²) in [6.45, 7) is 10.7. The van der Waals surface area contributed by atoms with Crippen LogP contribution in [0.3, 0.4) is 0 Å². The SMILES string of the molecule is CCNC(=NCCNC(=O)c1ccco1)NC(C)c1ccc(OCC)c(OCC)c1. The molecule has 0 saturated heterocycles. The number of nitrogens with zero attached hydrogens (tertiary/aromatic N) is 1. The van der Waals surface area contributed by atoms with Crippen molar-refractivity contribution in [2.24, 2.45) is 4.99 Å². The van der Waals surface area contributed by atoms with E-state index in [1.165, 1.54) is 6.26 Å². The quantitative estimate of drug-likeness (QED) is 0.296. The minimum absolute atomic E-state index is 0.00427. The van der Waals surface area contributed by atoms with Crippen molar-refractivity contribution in [1.29, 1.82) is 0 Å². The number of nitrogens with one attached hydrogen (secondary N) is 3. The highest BCUT2D eigenvalue weighted by atomic mass is 16.5. The van der Waals surface area contributed by atoms with Gasteiger partial charge in [-0.05, 0) is 57.5 Å².